The SMILES string of the molecule is Cl.Cl.c1nc(OC2CCC2)cc(N2CCNCC2)n1. The summed E-state index contributed by atoms with van der Waals surface area (Å²) in [4.78, 5) is 10.8. The van der Waals surface area contributed by atoms with Gasteiger partial charge in [0, 0.05) is 32.2 Å². The third-order valence-electron chi connectivity index (χ3n) is 3.41. The van der Waals surface area contributed by atoms with Crippen LogP contribution in [0.3, 0.4) is 0 Å². The van der Waals surface area contributed by atoms with E-state index in [0.29, 0.717) is 6.10 Å². The van der Waals surface area contributed by atoms with E-state index < -0.39 is 0 Å². The standard InChI is InChI=1S/C12H18N4O.2ClH/c1-2-10(3-1)17-12-8-11(14-9-15-12)16-6-4-13-5-7-16;;/h8-10,13H,1-7H2;2*1H. The zero-order valence-electron chi connectivity index (χ0n) is 10.7. The van der Waals surface area contributed by atoms with Crippen molar-refractivity contribution in [1.82, 2.24) is 15.3 Å². The van der Waals surface area contributed by atoms with Gasteiger partial charge in [-0.15, -0.1) is 24.8 Å². The van der Waals surface area contributed by atoms with E-state index in [1.54, 1.807) is 6.33 Å². The molecule has 2 heterocycles. The summed E-state index contributed by atoms with van der Waals surface area (Å²) in [5.41, 5.74) is 0. The zero-order chi connectivity index (χ0) is 11.5. The van der Waals surface area contributed by atoms with E-state index in [-0.39, 0.29) is 24.8 Å². The number of ether oxygens (including phenoxy) is 1. The Hall–Kier alpha value is -0.780. The molecule has 108 valence electrons. The second-order valence-corrected chi connectivity index (χ2v) is 4.62. The van der Waals surface area contributed by atoms with E-state index in [4.69, 9.17) is 4.74 Å². The maximum atomic E-state index is 5.79. The normalized spacial score (nSPS) is 18.8. The number of nitrogens with zero attached hydrogens (tertiary/aromatic N) is 3. The monoisotopic (exact) mass is 306 g/mol. The predicted molar refractivity (Wildman–Crippen MR) is 79.9 cm³/mol. The number of hydrogen-bond acceptors (Lipinski definition) is 5. The van der Waals surface area contributed by atoms with Gasteiger partial charge >= 0.3 is 0 Å². The second kappa shape index (κ2) is 7.72. The maximum Gasteiger partial charge on any atom is 0.218 e. The first-order chi connectivity index (χ1) is 8.42. The topological polar surface area (TPSA) is 50.3 Å². The number of piperazine rings is 1. The van der Waals surface area contributed by atoms with Crippen LogP contribution >= 0.6 is 24.8 Å². The van der Waals surface area contributed by atoms with Gasteiger partial charge in [-0.05, 0) is 19.3 Å². The Balaban J connectivity index is 0.000000902. The van der Waals surface area contributed by atoms with E-state index in [1.165, 1.54) is 6.42 Å². The molecule has 1 N–H and O–H groups in total. The lowest BCUT2D eigenvalue weighted by Crippen LogP contribution is -2.43. The van der Waals surface area contributed by atoms with Crippen LogP contribution in [0.25, 0.3) is 0 Å². The van der Waals surface area contributed by atoms with Crippen LogP contribution in [-0.2, 0) is 0 Å². The van der Waals surface area contributed by atoms with Crippen LogP contribution in [0.4, 0.5) is 5.82 Å². The molecule has 2 fully saturated rings. The molecule has 1 saturated heterocycles. The van der Waals surface area contributed by atoms with Crippen LogP contribution in [0.15, 0.2) is 12.4 Å². The summed E-state index contributed by atoms with van der Waals surface area (Å²) in [7, 11) is 0. The van der Waals surface area contributed by atoms with E-state index in [9.17, 15) is 0 Å². The molecule has 0 bridgehead atoms. The summed E-state index contributed by atoms with van der Waals surface area (Å²) in [5.74, 6) is 1.70. The average molecular weight is 307 g/mol. The minimum Gasteiger partial charge on any atom is -0.474 e. The molecule has 0 radical (unpaired) electrons. The summed E-state index contributed by atoms with van der Waals surface area (Å²) in [6, 6.07) is 1.96. The third-order valence-corrected chi connectivity index (χ3v) is 3.41. The van der Waals surface area contributed by atoms with Crippen molar-refractivity contribution in [3.8, 4) is 5.88 Å². The number of halogens is 2. The maximum absolute atomic E-state index is 5.79. The van der Waals surface area contributed by atoms with Crippen molar-refractivity contribution in [2.24, 2.45) is 0 Å². The first-order valence-corrected chi connectivity index (χ1v) is 6.36. The van der Waals surface area contributed by atoms with Crippen molar-refractivity contribution in [2.45, 2.75) is 25.4 Å². The number of nitrogens with one attached hydrogen (secondary N) is 1. The van der Waals surface area contributed by atoms with Crippen LogP contribution in [0.1, 0.15) is 19.3 Å². The molecule has 0 spiro atoms. The van der Waals surface area contributed by atoms with Gasteiger partial charge in [0.1, 0.15) is 18.2 Å². The summed E-state index contributed by atoms with van der Waals surface area (Å²) in [6.45, 7) is 4.03. The number of anilines is 1. The highest BCUT2D eigenvalue weighted by Crippen LogP contribution is 2.25. The highest BCUT2D eigenvalue weighted by molar-refractivity contribution is 5.85. The Morgan fingerprint density at radius 2 is 1.89 bits per heavy atom. The van der Waals surface area contributed by atoms with Gasteiger partial charge in [-0.3, -0.25) is 0 Å². The van der Waals surface area contributed by atoms with Crippen LogP contribution in [0, 0.1) is 0 Å². The Kier molecular flexibility index (Phi) is 6.62. The van der Waals surface area contributed by atoms with Gasteiger partial charge in [-0.2, -0.15) is 0 Å². The van der Waals surface area contributed by atoms with E-state index in [0.717, 1.165) is 50.7 Å². The predicted octanol–water partition coefficient (Wildman–Crippen LogP) is 1.66. The van der Waals surface area contributed by atoms with Crippen molar-refractivity contribution >= 4 is 30.6 Å². The summed E-state index contributed by atoms with van der Waals surface area (Å²) >= 11 is 0. The van der Waals surface area contributed by atoms with E-state index >= 15 is 0 Å². The molecule has 1 aromatic heterocycles. The van der Waals surface area contributed by atoms with Gasteiger partial charge in [-0.25, -0.2) is 9.97 Å². The number of hydrogen-bond donors (Lipinski definition) is 1. The molecule has 1 aliphatic heterocycles. The molecule has 0 aromatic carbocycles. The van der Waals surface area contributed by atoms with Crippen molar-refractivity contribution in [1.29, 1.82) is 0 Å². The van der Waals surface area contributed by atoms with Gasteiger partial charge < -0.3 is 15.0 Å². The molecular formula is C12H20Cl2N4O. The Morgan fingerprint density at radius 1 is 1.16 bits per heavy atom. The lowest BCUT2D eigenvalue weighted by molar-refractivity contribution is 0.114. The second-order valence-electron chi connectivity index (χ2n) is 4.62. The minimum atomic E-state index is 0. The molecule has 0 atom stereocenters. The molecule has 1 saturated carbocycles. The Labute approximate surface area is 126 Å². The molecule has 5 nitrogen and oxygen atoms in total. The fourth-order valence-electron chi connectivity index (χ4n) is 2.12. The molecule has 0 unspecified atom stereocenters. The third kappa shape index (κ3) is 4.09. The van der Waals surface area contributed by atoms with Crippen molar-refractivity contribution < 1.29 is 4.74 Å². The van der Waals surface area contributed by atoms with Crippen molar-refractivity contribution in [3.05, 3.63) is 12.4 Å². The molecule has 7 heteroatoms. The first-order valence-electron chi connectivity index (χ1n) is 6.36. The molecule has 0 amide bonds. The molecule has 2 aliphatic rings. The molecular weight excluding hydrogens is 287 g/mol. The van der Waals surface area contributed by atoms with Crippen LogP contribution in [-0.4, -0.2) is 42.3 Å². The van der Waals surface area contributed by atoms with E-state index in [2.05, 4.69) is 20.2 Å². The fourth-order valence-corrected chi connectivity index (χ4v) is 2.12. The molecule has 3 rings (SSSR count). The Morgan fingerprint density at radius 3 is 2.53 bits per heavy atom. The van der Waals surface area contributed by atoms with Crippen molar-refractivity contribution in [3.63, 3.8) is 0 Å². The van der Waals surface area contributed by atoms with Crippen molar-refractivity contribution in [2.75, 3.05) is 31.1 Å². The lowest BCUT2D eigenvalue weighted by atomic mass is 9.96. The van der Waals surface area contributed by atoms with Gasteiger partial charge in [0.2, 0.25) is 5.88 Å². The van der Waals surface area contributed by atoms with Crippen LogP contribution < -0.4 is 15.0 Å². The lowest BCUT2D eigenvalue weighted by Gasteiger charge is -2.29. The highest BCUT2D eigenvalue weighted by atomic mass is 35.5. The average Bonchev–Trinajstić information content (AvgIpc) is 2.35. The van der Waals surface area contributed by atoms with Gasteiger partial charge in [-0.1, -0.05) is 0 Å². The fraction of sp³-hybridized carbons (Fsp3) is 0.667. The first kappa shape index (κ1) is 16.3. The zero-order valence-corrected chi connectivity index (χ0v) is 12.4. The summed E-state index contributed by atoms with van der Waals surface area (Å²) in [5, 5.41) is 3.33. The summed E-state index contributed by atoms with van der Waals surface area (Å²) < 4.78 is 5.79. The van der Waals surface area contributed by atoms with Gasteiger partial charge in [0.15, 0.2) is 0 Å². The molecule has 1 aliphatic carbocycles. The highest BCUT2D eigenvalue weighted by Gasteiger charge is 2.20. The quantitative estimate of drug-likeness (QED) is 0.920. The molecule has 1 aromatic rings. The van der Waals surface area contributed by atoms with Gasteiger partial charge in [0.25, 0.3) is 0 Å². The van der Waals surface area contributed by atoms with Gasteiger partial charge in [0.05, 0.1) is 0 Å². The Bertz CT molecular complexity index is 384. The number of aromatic nitrogens is 2. The van der Waals surface area contributed by atoms with E-state index in [1.807, 2.05) is 6.07 Å². The molecule has 19 heavy (non-hydrogen) atoms. The van der Waals surface area contributed by atoms with Crippen LogP contribution in [0.2, 0.25) is 0 Å². The number of rotatable bonds is 3. The summed E-state index contributed by atoms with van der Waals surface area (Å²) in [6.07, 6.45) is 5.58. The van der Waals surface area contributed by atoms with Crippen LogP contribution in [0.5, 0.6) is 5.88 Å². The largest absolute Gasteiger partial charge is 0.474 e. The smallest absolute Gasteiger partial charge is 0.218 e. The minimum absolute atomic E-state index is 0.